The maximum atomic E-state index is 4.23. The summed E-state index contributed by atoms with van der Waals surface area (Å²) in [6.07, 6.45) is 7.22. The molecule has 1 aromatic rings. The molecule has 2 heteroatoms. The largest absolute Gasteiger partial charge is 0.238 e. The molecular weight excluding hydrogens is 160 g/mol. The Labute approximate surface area is 78.9 Å². The molecule has 0 unspecified atom stereocenters. The number of hydrogen-bond donors (Lipinski definition) is 0. The fraction of sp³-hybridized carbons (Fsp3) is 0.182. The van der Waals surface area contributed by atoms with Gasteiger partial charge in [0.1, 0.15) is 0 Å². The standard InChI is InChI=1S/C11H14N2/c1-5-7-11(6-2)13-10(4)9(3)8-12-13/h5-8H,1-2H2,3-4H3/b11-7+. The lowest BCUT2D eigenvalue weighted by Crippen LogP contribution is -1.98. The summed E-state index contributed by atoms with van der Waals surface area (Å²) in [5, 5.41) is 4.23. The minimum atomic E-state index is 0.945. The number of nitrogens with zero attached hydrogens (tertiary/aromatic N) is 2. The van der Waals surface area contributed by atoms with E-state index in [1.165, 1.54) is 5.56 Å². The molecule has 2 nitrogen and oxygen atoms in total. The summed E-state index contributed by atoms with van der Waals surface area (Å²) in [4.78, 5) is 0. The first-order valence-corrected chi connectivity index (χ1v) is 4.17. The van der Waals surface area contributed by atoms with Crippen LogP contribution in [0.2, 0.25) is 0 Å². The highest BCUT2D eigenvalue weighted by Crippen LogP contribution is 2.12. The molecule has 0 radical (unpaired) electrons. The molecular formula is C11H14N2. The Bertz CT molecular complexity index is 356. The monoisotopic (exact) mass is 174 g/mol. The van der Waals surface area contributed by atoms with Gasteiger partial charge in [-0.3, -0.25) is 0 Å². The average Bonchev–Trinajstić information content (AvgIpc) is 2.45. The van der Waals surface area contributed by atoms with Crippen LogP contribution >= 0.6 is 0 Å². The molecule has 0 spiro atoms. The summed E-state index contributed by atoms with van der Waals surface area (Å²) in [6, 6.07) is 0. The summed E-state index contributed by atoms with van der Waals surface area (Å²) in [6.45, 7) is 11.4. The second-order valence-corrected chi connectivity index (χ2v) is 2.86. The van der Waals surface area contributed by atoms with E-state index in [0.29, 0.717) is 0 Å². The van der Waals surface area contributed by atoms with E-state index >= 15 is 0 Å². The maximum Gasteiger partial charge on any atom is 0.0642 e. The van der Waals surface area contributed by atoms with Gasteiger partial charge in [0.15, 0.2) is 0 Å². The molecule has 13 heavy (non-hydrogen) atoms. The molecule has 0 aliphatic carbocycles. The van der Waals surface area contributed by atoms with Crippen LogP contribution in [0.15, 0.2) is 37.6 Å². The van der Waals surface area contributed by atoms with Gasteiger partial charge in [-0.1, -0.05) is 19.2 Å². The van der Waals surface area contributed by atoms with Crippen LogP contribution in [0.1, 0.15) is 11.3 Å². The molecule has 0 aliphatic heterocycles. The Hall–Kier alpha value is -1.57. The van der Waals surface area contributed by atoms with E-state index in [2.05, 4.69) is 18.3 Å². The lowest BCUT2D eigenvalue weighted by Gasteiger charge is -2.03. The summed E-state index contributed by atoms with van der Waals surface area (Å²) < 4.78 is 1.85. The SMILES string of the molecule is C=C/C=C(\C=C)n1ncc(C)c1C. The van der Waals surface area contributed by atoms with Gasteiger partial charge in [-0.15, -0.1) is 0 Å². The number of hydrogen-bond acceptors (Lipinski definition) is 1. The minimum absolute atomic E-state index is 0.945. The molecule has 0 saturated carbocycles. The van der Waals surface area contributed by atoms with Crippen molar-refractivity contribution in [3.05, 3.63) is 48.8 Å². The van der Waals surface area contributed by atoms with Gasteiger partial charge in [0, 0.05) is 5.69 Å². The lowest BCUT2D eigenvalue weighted by atomic mass is 10.3. The Morgan fingerprint density at radius 3 is 2.54 bits per heavy atom. The van der Waals surface area contributed by atoms with Gasteiger partial charge < -0.3 is 0 Å². The van der Waals surface area contributed by atoms with E-state index < -0.39 is 0 Å². The molecule has 0 aliphatic rings. The van der Waals surface area contributed by atoms with Crippen molar-refractivity contribution in [1.82, 2.24) is 9.78 Å². The Morgan fingerprint density at radius 2 is 2.15 bits per heavy atom. The fourth-order valence-electron chi connectivity index (χ4n) is 1.10. The number of allylic oxidation sites excluding steroid dienone is 4. The lowest BCUT2D eigenvalue weighted by molar-refractivity contribution is 0.873. The van der Waals surface area contributed by atoms with Crippen LogP contribution in [0.25, 0.3) is 5.70 Å². The normalized spacial score (nSPS) is 11.4. The molecule has 1 rings (SSSR count). The van der Waals surface area contributed by atoms with Crippen molar-refractivity contribution in [3.8, 4) is 0 Å². The molecule has 0 aromatic carbocycles. The first-order valence-electron chi connectivity index (χ1n) is 4.17. The topological polar surface area (TPSA) is 17.8 Å². The van der Waals surface area contributed by atoms with Gasteiger partial charge in [0.2, 0.25) is 0 Å². The molecule has 0 fully saturated rings. The number of aromatic nitrogens is 2. The second-order valence-electron chi connectivity index (χ2n) is 2.86. The summed E-state index contributed by atoms with van der Waals surface area (Å²) in [5.41, 5.74) is 3.26. The van der Waals surface area contributed by atoms with Crippen LogP contribution in [0.3, 0.4) is 0 Å². The van der Waals surface area contributed by atoms with E-state index in [4.69, 9.17) is 0 Å². The van der Waals surface area contributed by atoms with Gasteiger partial charge in [0.25, 0.3) is 0 Å². The quantitative estimate of drug-likeness (QED) is 0.644. The van der Waals surface area contributed by atoms with Crippen molar-refractivity contribution in [2.75, 3.05) is 0 Å². The summed E-state index contributed by atoms with van der Waals surface area (Å²) in [7, 11) is 0. The fourth-order valence-corrected chi connectivity index (χ4v) is 1.10. The van der Waals surface area contributed by atoms with Crippen molar-refractivity contribution >= 4 is 5.70 Å². The van der Waals surface area contributed by atoms with Crippen LogP contribution in [0, 0.1) is 13.8 Å². The van der Waals surface area contributed by atoms with Crippen LogP contribution in [0.4, 0.5) is 0 Å². The van der Waals surface area contributed by atoms with Crippen molar-refractivity contribution < 1.29 is 0 Å². The van der Waals surface area contributed by atoms with Crippen LogP contribution in [-0.2, 0) is 0 Å². The third kappa shape index (κ3) is 1.78. The van der Waals surface area contributed by atoms with E-state index in [1.807, 2.05) is 30.8 Å². The predicted molar refractivity (Wildman–Crippen MR) is 56.4 cm³/mol. The van der Waals surface area contributed by atoms with Crippen LogP contribution in [0.5, 0.6) is 0 Å². The summed E-state index contributed by atoms with van der Waals surface area (Å²) >= 11 is 0. The molecule has 0 bridgehead atoms. The Kier molecular flexibility index (Phi) is 2.85. The minimum Gasteiger partial charge on any atom is -0.238 e. The second kappa shape index (κ2) is 3.90. The van der Waals surface area contributed by atoms with Crippen molar-refractivity contribution in [3.63, 3.8) is 0 Å². The molecule has 0 saturated heterocycles. The molecule has 0 amide bonds. The van der Waals surface area contributed by atoms with Gasteiger partial charge in [-0.05, 0) is 31.6 Å². The number of aryl methyl sites for hydroxylation is 1. The molecule has 1 aromatic heterocycles. The summed E-state index contributed by atoms with van der Waals surface area (Å²) in [5.74, 6) is 0. The van der Waals surface area contributed by atoms with Crippen molar-refractivity contribution in [2.24, 2.45) is 0 Å². The molecule has 68 valence electrons. The van der Waals surface area contributed by atoms with E-state index in [-0.39, 0.29) is 0 Å². The highest BCUT2D eigenvalue weighted by Gasteiger charge is 2.03. The number of rotatable bonds is 3. The zero-order valence-corrected chi connectivity index (χ0v) is 8.12. The first kappa shape index (κ1) is 9.52. The highest BCUT2D eigenvalue weighted by molar-refractivity contribution is 5.58. The zero-order chi connectivity index (χ0) is 9.84. The zero-order valence-electron chi connectivity index (χ0n) is 8.12. The third-order valence-corrected chi connectivity index (χ3v) is 2.00. The van der Waals surface area contributed by atoms with E-state index in [0.717, 1.165) is 11.4 Å². The van der Waals surface area contributed by atoms with Gasteiger partial charge >= 0.3 is 0 Å². The maximum absolute atomic E-state index is 4.23. The van der Waals surface area contributed by atoms with Crippen molar-refractivity contribution in [1.29, 1.82) is 0 Å². The van der Waals surface area contributed by atoms with Crippen LogP contribution in [-0.4, -0.2) is 9.78 Å². The Balaban J connectivity index is 3.19. The van der Waals surface area contributed by atoms with Gasteiger partial charge in [-0.25, -0.2) is 4.68 Å². The molecule has 0 atom stereocenters. The van der Waals surface area contributed by atoms with Crippen molar-refractivity contribution in [2.45, 2.75) is 13.8 Å². The van der Waals surface area contributed by atoms with E-state index in [9.17, 15) is 0 Å². The smallest absolute Gasteiger partial charge is 0.0642 e. The van der Waals surface area contributed by atoms with Gasteiger partial charge in [0.05, 0.1) is 11.9 Å². The highest BCUT2D eigenvalue weighted by atomic mass is 15.3. The Morgan fingerprint density at radius 1 is 1.46 bits per heavy atom. The molecule has 0 N–H and O–H groups in total. The van der Waals surface area contributed by atoms with Gasteiger partial charge in [-0.2, -0.15) is 5.10 Å². The third-order valence-electron chi connectivity index (χ3n) is 2.00. The van der Waals surface area contributed by atoms with Crippen LogP contribution < -0.4 is 0 Å². The molecule has 1 heterocycles. The average molecular weight is 174 g/mol. The predicted octanol–water partition coefficient (Wildman–Crippen LogP) is 2.71. The van der Waals surface area contributed by atoms with E-state index in [1.54, 1.807) is 12.2 Å². The first-order chi connectivity index (χ1) is 6.20.